The summed E-state index contributed by atoms with van der Waals surface area (Å²) in [5, 5.41) is 0. The molecule has 2 nitrogen and oxygen atoms in total. The first-order chi connectivity index (χ1) is 5.92. The summed E-state index contributed by atoms with van der Waals surface area (Å²) in [6.45, 7) is 7.89. The Hall–Kier alpha value is -0.660. The number of unbranched alkanes of at least 4 members (excludes halogenated alkanes) is 2. The van der Waals surface area contributed by atoms with E-state index >= 15 is 0 Å². The highest BCUT2D eigenvalue weighted by molar-refractivity contribution is 5.75. The number of rotatable bonds is 5. The van der Waals surface area contributed by atoms with E-state index < -0.39 is 0 Å². The maximum Gasteiger partial charge on any atom is 0.129 e. The molecule has 0 spiro atoms. The van der Waals surface area contributed by atoms with Crippen molar-refractivity contribution in [3.63, 3.8) is 0 Å². The maximum absolute atomic E-state index is 10.6. The molecule has 0 aromatic heterocycles. The molecule has 0 saturated carbocycles. The third-order valence-corrected chi connectivity index (χ3v) is 1.59. The molecule has 0 aromatic rings. The van der Waals surface area contributed by atoms with Gasteiger partial charge in [0.1, 0.15) is 5.78 Å². The Morgan fingerprint density at radius 1 is 1.31 bits per heavy atom. The molecule has 0 atom stereocenters. The molecular weight excluding hydrogens is 162 g/mol. The molecule has 0 saturated heterocycles. The molecule has 0 amide bonds. The van der Waals surface area contributed by atoms with Gasteiger partial charge >= 0.3 is 0 Å². The van der Waals surface area contributed by atoms with Crippen LogP contribution in [-0.2, 0) is 4.79 Å². The highest BCUT2D eigenvalue weighted by Gasteiger charge is 2.03. The van der Waals surface area contributed by atoms with Crippen LogP contribution in [0.5, 0.6) is 0 Å². The van der Waals surface area contributed by atoms with Crippen molar-refractivity contribution in [1.82, 2.24) is 0 Å². The van der Waals surface area contributed by atoms with Crippen LogP contribution in [0.2, 0.25) is 0 Å². The molecule has 0 heterocycles. The lowest BCUT2D eigenvalue weighted by molar-refractivity contribution is -0.117. The van der Waals surface area contributed by atoms with Gasteiger partial charge in [-0.05, 0) is 53.2 Å². The molecule has 0 rings (SSSR count). The van der Waals surface area contributed by atoms with Crippen LogP contribution in [0.3, 0.4) is 0 Å². The zero-order valence-electron chi connectivity index (χ0n) is 9.26. The number of hydrogen-bond donors (Lipinski definition) is 0. The van der Waals surface area contributed by atoms with E-state index in [9.17, 15) is 4.79 Å². The van der Waals surface area contributed by atoms with Crippen molar-refractivity contribution in [1.29, 1.82) is 0 Å². The fourth-order valence-electron chi connectivity index (χ4n) is 0.948. The lowest BCUT2D eigenvalue weighted by atomic mass is 10.1. The molecule has 0 bridgehead atoms. The minimum atomic E-state index is 0.0422. The van der Waals surface area contributed by atoms with E-state index in [1.807, 2.05) is 6.21 Å². The summed E-state index contributed by atoms with van der Waals surface area (Å²) in [7, 11) is 0. The van der Waals surface area contributed by atoms with Gasteiger partial charge in [-0.2, -0.15) is 0 Å². The predicted molar refractivity (Wildman–Crippen MR) is 57.4 cm³/mol. The van der Waals surface area contributed by atoms with Crippen molar-refractivity contribution >= 4 is 12.0 Å². The Labute approximate surface area is 81.4 Å². The molecule has 0 unspecified atom stereocenters. The standard InChI is InChI=1S/C11H21NO/c1-10(13)8-6-5-7-9-12-11(2,3)4/h9H,5-8H2,1-4H3/b12-9+. The third kappa shape index (κ3) is 11.3. The first-order valence-corrected chi connectivity index (χ1v) is 4.95. The molecule has 0 aromatic carbocycles. The van der Waals surface area contributed by atoms with Gasteiger partial charge in [-0.1, -0.05) is 0 Å². The Bertz CT molecular complexity index is 177. The molecule has 0 aliphatic heterocycles. The number of carbonyl (C=O) groups excluding carboxylic acids is 1. The fourth-order valence-corrected chi connectivity index (χ4v) is 0.948. The zero-order chi connectivity index (χ0) is 10.3. The molecule has 0 aliphatic rings. The van der Waals surface area contributed by atoms with Gasteiger partial charge in [0.05, 0.1) is 5.54 Å². The highest BCUT2D eigenvalue weighted by atomic mass is 16.1. The van der Waals surface area contributed by atoms with E-state index in [1.54, 1.807) is 6.92 Å². The molecular formula is C11H21NO. The van der Waals surface area contributed by atoms with E-state index in [2.05, 4.69) is 25.8 Å². The summed E-state index contributed by atoms with van der Waals surface area (Å²) in [4.78, 5) is 15.0. The van der Waals surface area contributed by atoms with Crippen molar-refractivity contribution in [3.8, 4) is 0 Å². The van der Waals surface area contributed by atoms with Crippen LogP contribution < -0.4 is 0 Å². The Morgan fingerprint density at radius 3 is 2.38 bits per heavy atom. The van der Waals surface area contributed by atoms with Crippen LogP contribution in [0, 0.1) is 0 Å². The average molecular weight is 183 g/mol. The number of hydrogen-bond acceptors (Lipinski definition) is 2. The average Bonchev–Trinajstić information content (AvgIpc) is 1.93. The van der Waals surface area contributed by atoms with Gasteiger partial charge in [0, 0.05) is 6.42 Å². The molecule has 0 fully saturated rings. The van der Waals surface area contributed by atoms with Crippen molar-refractivity contribution < 1.29 is 4.79 Å². The molecule has 0 N–H and O–H groups in total. The second kappa shape index (κ2) is 5.90. The zero-order valence-corrected chi connectivity index (χ0v) is 9.26. The second-order valence-electron chi connectivity index (χ2n) is 4.43. The maximum atomic E-state index is 10.6. The molecule has 76 valence electrons. The van der Waals surface area contributed by atoms with E-state index in [0.29, 0.717) is 6.42 Å². The quantitative estimate of drug-likeness (QED) is 0.476. The van der Waals surface area contributed by atoms with Crippen LogP contribution >= 0.6 is 0 Å². The predicted octanol–water partition coefficient (Wildman–Crippen LogP) is 3.01. The van der Waals surface area contributed by atoms with Crippen LogP contribution in [0.1, 0.15) is 53.4 Å². The van der Waals surface area contributed by atoms with Gasteiger partial charge in [-0.25, -0.2) is 0 Å². The third-order valence-electron chi connectivity index (χ3n) is 1.59. The summed E-state index contributed by atoms with van der Waals surface area (Å²) in [6.07, 6.45) is 5.73. The SMILES string of the molecule is CC(=O)CCCC/C=N/C(C)(C)C. The Balaban J connectivity index is 3.36. The van der Waals surface area contributed by atoms with Crippen molar-refractivity contribution in [3.05, 3.63) is 0 Å². The van der Waals surface area contributed by atoms with E-state index in [0.717, 1.165) is 19.3 Å². The van der Waals surface area contributed by atoms with Gasteiger partial charge in [-0.15, -0.1) is 0 Å². The van der Waals surface area contributed by atoms with E-state index in [1.165, 1.54) is 0 Å². The van der Waals surface area contributed by atoms with Crippen molar-refractivity contribution in [2.24, 2.45) is 4.99 Å². The number of ketones is 1. The Kier molecular flexibility index (Phi) is 5.60. The molecule has 0 radical (unpaired) electrons. The van der Waals surface area contributed by atoms with E-state index in [4.69, 9.17) is 0 Å². The minimum absolute atomic E-state index is 0.0422. The summed E-state index contributed by atoms with van der Waals surface area (Å²) < 4.78 is 0. The van der Waals surface area contributed by atoms with Gasteiger partial charge < -0.3 is 4.79 Å². The smallest absolute Gasteiger partial charge is 0.129 e. The van der Waals surface area contributed by atoms with Crippen LogP contribution in [0.4, 0.5) is 0 Å². The molecule has 2 heteroatoms. The second-order valence-corrected chi connectivity index (χ2v) is 4.43. The fraction of sp³-hybridized carbons (Fsp3) is 0.818. The summed E-state index contributed by atoms with van der Waals surface area (Å²) in [5.74, 6) is 0.285. The Morgan fingerprint density at radius 2 is 1.92 bits per heavy atom. The molecule has 0 aliphatic carbocycles. The summed E-state index contributed by atoms with van der Waals surface area (Å²) in [6, 6.07) is 0. The lowest BCUT2D eigenvalue weighted by Crippen LogP contribution is -2.09. The van der Waals surface area contributed by atoms with Crippen LogP contribution in [0.15, 0.2) is 4.99 Å². The topological polar surface area (TPSA) is 29.4 Å². The van der Waals surface area contributed by atoms with Gasteiger partial charge in [-0.3, -0.25) is 4.99 Å². The lowest BCUT2D eigenvalue weighted by Gasteiger charge is -2.10. The van der Waals surface area contributed by atoms with Crippen LogP contribution in [-0.4, -0.2) is 17.5 Å². The monoisotopic (exact) mass is 183 g/mol. The first kappa shape index (κ1) is 12.3. The summed E-state index contributed by atoms with van der Waals surface area (Å²) >= 11 is 0. The first-order valence-electron chi connectivity index (χ1n) is 4.95. The van der Waals surface area contributed by atoms with Gasteiger partial charge in [0.2, 0.25) is 0 Å². The number of Topliss-reactive ketones (excluding diaryl/α,β-unsaturated/α-hetero) is 1. The number of nitrogens with zero attached hydrogens (tertiary/aromatic N) is 1. The van der Waals surface area contributed by atoms with E-state index in [-0.39, 0.29) is 11.3 Å². The minimum Gasteiger partial charge on any atom is -0.300 e. The molecule has 13 heavy (non-hydrogen) atoms. The number of aliphatic imine (C=N–C) groups is 1. The largest absolute Gasteiger partial charge is 0.300 e. The normalized spacial score (nSPS) is 12.3. The van der Waals surface area contributed by atoms with Crippen molar-refractivity contribution in [2.45, 2.75) is 58.9 Å². The van der Waals surface area contributed by atoms with Gasteiger partial charge in [0.15, 0.2) is 0 Å². The van der Waals surface area contributed by atoms with Crippen molar-refractivity contribution in [2.75, 3.05) is 0 Å². The van der Waals surface area contributed by atoms with Gasteiger partial charge in [0.25, 0.3) is 0 Å². The summed E-state index contributed by atoms with van der Waals surface area (Å²) in [5.41, 5.74) is 0.0422. The number of carbonyl (C=O) groups is 1. The highest BCUT2D eigenvalue weighted by Crippen LogP contribution is 2.06. The van der Waals surface area contributed by atoms with Crippen LogP contribution in [0.25, 0.3) is 0 Å².